The minimum absolute atomic E-state index is 0.117. The van der Waals surface area contributed by atoms with E-state index in [2.05, 4.69) is 0 Å². The van der Waals surface area contributed by atoms with Gasteiger partial charge in [0.2, 0.25) is 0 Å². The maximum absolute atomic E-state index is 12.5. The fourth-order valence-electron chi connectivity index (χ4n) is 1.06. The summed E-state index contributed by atoms with van der Waals surface area (Å²) in [5.74, 6) is 0.430. The Kier molecular flexibility index (Phi) is 1.96. The van der Waals surface area contributed by atoms with Crippen LogP contribution in [0.15, 0.2) is 24.3 Å². The molecule has 1 fully saturated rings. The molecule has 1 aromatic rings. The van der Waals surface area contributed by atoms with E-state index in [9.17, 15) is 4.39 Å². The standard InChI is InChI=1S/C10H12FNO/c11-8-1-3-9(4-2-8)13-7-10(12)5-6-10/h1-4H,5-7,12H2. The predicted molar refractivity (Wildman–Crippen MR) is 48.0 cm³/mol. The highest BCUT2D eigenvalue weighted by Gasteiger charge is 2.39. The van der Waals surface area contributed by atoms with Gasteiger partial charge >= 0.3 is 0 Å². The molecule has 13 heavy (non-hydrogen) atoms. The molecule has 1 aliphatic rings. The summed E-state index contributed by atoms with van der Waals surface area (Å²) in [5.41, 5.74) is 5.71. The topological polar surface area (TPSA) is 35.2 Å². The average molecular weight is 181 g/mol. The number of ether oxygens (including phenoxy) is 1. The lowest BCUT2D eigenvalue weighted by Gasteiger charge is -2.10. The smallest absolute Gasteiger partial charge is 0.123 e. The van der Waals surface area contributed by atoms with Gasteiger partial charge in [-0.25, -0.2) is 4.39 Å². The van der Waals surface area contributed by atoms with E-state index in [4.69, 9.17) is 10.5 Å². The number of rotatable bonds is 3. The molecule has 2 N–H and O–H groups in total. The third kappa shape index (κ3) is 2.18. The van der Waals surface area contributed by atoms with Gasteiger partial charge in [0, 0.05) is 0 Å². The molecule has 70 valence electrons. The van der Waals surface area contributed by atoms with Gasteiger partial charge in [0.25, 0.3) is 0 Å². The van der Waals surface area contributed by atoms with Crippen LogP contribution in [0.2, 0.25) is 0 Å². The summed E-state index contributed by atoms with van der Waals surface area (Å²) in [6, 6.07) is 5.99. The zero-order valence-corrected chi connectivity index (χ0v) is 7.29. The van der Waals surface area contributed by atoms with Gasteiger partial charge < -0.3 is 10.5 Å². The zero-order chi connectivity index (χ0) is 9.31. The third-order valence-electron chi connectivity index (χ3n) is 2.23. The quantitative estimate of drug-likeness (QED) is 0.770. The van der Waals surface area contributed by atoms with Gasteiger partial charge in [-0.05, 0) is 37.1 Å². The van der Waals surface area contributed by atoms with Crippen molar-refractivity contribution in [1.29, 1.82) is 0 Å². The molecule has 0 saturated heterocycles. The normalized spacial score (nSPS) is 18.3. The van der Waals surface area contributed by atoms with Crippen molar-refractivity contribution in [3.05, 3.63) is 30.1 Å². The monoisotopic (exact) mass is 181 g/mol. The molecule has 1 aliphatic carbocycles. The van der Waals surface area contributed by atoms with Crippen LogP contribution in [-0.2, 0) is 0 Å². The lowest BCUT2D eigenvalue weighted by molar-refractivity contribution is 0.279. The maximum Gasteiger partial charge on any atom is 0.123 e. The summed E-state index contributed by atoms with van der Waals surface area (Å²) >= 11 is 0. The summed E-state index contributed by atoms with van der Waals surface area (Å²) in [4.78, 5) is 0. The maximum atomic E-state index is 12.5. The van der Waals surface area contributed by atoms with Gasteiger partial charge in [0.15, 0.2) is 0 Å². The summed E-state index contributed by atoms with van der Waals surface area (Å²) in [6.45, 7) is 0.526. The Balaban J connectivity index is 1.91. The molecule has 1 saturated carbocycles. The molecule has 0 aliphatic heterocycles. The minimum atomic E-state index is -0.249. The first kappa shape index (κ1) is 8.51. The van der Waals surface area contributed by atoms with Crippen molar-refractivity contribution in [2.45, 2.75) is 18.4 Å². The Morgan fingerprint density at radius 1 is 1.31 bits per heavy atom. The molecule has 1 aromatic carbocycles. The first-order valence-electron chi connectivity index (χ1n) is 4.35. The van der Waals surface area contributed by atoms with Crippen LogP contribution in [0.4, 0.5) is 4.39 Å². The van der Waals surface area contributed by atoms with Gasteiger partial charge in [-0.3, -0.25) is 0 Å². The SMILES string of the molecule is NC1(COc2ccc(F)cc2)CC1. The van der Waals surface area contributed by atoms with E-state index < -0.39 is 0 Å². The van der Waals surface area contributed by atoms with Crippen molar-refractivity contribution in [3.8, 4) is 5.75 Å². The van der Waals surface area contributed by atoms with E-state index in [1.807, 2.05) is 0 Å². The fourth-order valence-corrected chi connectivity index (χ4v) is 1.06. The van der Waals surface area contributed by atoms with Crippen LogP contribution in [0, 0.1) is 5.82 Å². The molecular weight excluding hydrogens is 169 g/mol. The molecule has 0 amide bonds. The summed E-state index contributed by atoms with van der Waals surface area (Å²) in [6.07, 6.45) is 2.04. The first-order chi connectivity index (χ1) is 6.18. The van der Waals surface area contributed by atoms with Crippen LogP contribution in [-0.4, -0.2) is 12.1 Å². The minimum Gasteiger partial charge on any atom is -0.492 e. The number of hydrogen-bond acceptors (Lipinski definition) is 2. The molecule has 0 heterocycles. The van der Waals surface area contributed by atoms with E-state index in [0.717, 1.165) is 12.8 Å². The molecule has 0 bridgehead atoms. The van der Waals surface area contributed by atoms with Crippen LogP contribution in [0.5, 0.6) is 5.75 Å². The largest absolute Gasteiger partial charge is 0.492 e. The van der Waals surface area contributed by atoms with Gasteiger partial charge in [0.1, 0.15) is 18.2 Å². The molecular formula is C10H12FNO. The first-order valence-corrected chi connectivity index (χ1v) is 4.35. The van der Waals surface area contributed by atoms with Crippen LogP contribution in [0.3, 0.4) is 0 Å². The molecule has 0 radical (unpaired) electrons. The molecule has 0 spiro atoms. The van der Waals surface area contributed by atoms with E-state index in [-0.39, 0.29) is 11.4 Å². The molecule has 0 unspecified atom stereocenters. The van der Waals surface area contributed by atoms with Crippen molar-refractivity contribution in [2.75, 3.05) is 6.61 Å². The van der Waals surface area contributed by atoms with Crippen LogP contribution >= 0.6 is 0 Å². The van der Waals surface area contributed by atoms with Gasteiger partial charge in [-0.2, -0.15) is 0 Å². The van der Waals surface area contributed by atoms with E-state index in [1.165, 1.54) is 12.1 Å². The average Bonchev–Trinajstić information content (AvgIpc) is 2.84. The van der Waals surface area contributed by atoms with Crippen molar-refractivity contribution in [3.63, 3.8) is 0 Å². The predicted octanol–water partition coefficient (Wildman–Crippen LogP) is 1.70. The number of halogens is 1. The highest BCUT2D eigenvalue weighted by molar-refractivity contribution is 5.22. The Labute approximate surface area is 76.5 Å². The summed E-state index contributed by atoms with van der Waals surface area (Å²) < 4.78 is 17.9. The number of hydrogen-bond donors (Lipinski definition) is 1. The second kappa shape index (κ2) is 3.00. The molecule has 2 nitrogen and oxygen atoms in total. The highest BCUT2D eigenvalue weighted by Crippen LogP contribution is 2.32. The molecule has 0 atom stereocenters. The summed E-state index contributed by atoms with van der Waals surface area (Å²) in [5, 5.41) is 0. The number of nitrogens with two attached hydrogens (primary N) is 1. The van der Waals surface area contributed by atoms with Crippen molar-refractivity contribution in [2.24, 2.45) is 5.73 Å². The van der Waals surface area contributed by atoms with Crippen molar-refractivity contribution in [1.82, 2.24) is 0 Å². The third-order valence-corrected chi connectivity index (χ3v) is 2.23. The van der Waals surface area contributed by atoms with E-state index >= 15 is 0 Å². The van der Waals surface area contributed by atoms with E-state index in [1.54, 1.807) is 12.1 Å². The Morgan fingerprint density at radius 2 is 1.92 bits per heavy atom. The van der Waals surface area contributed by atoms with Crippen LogP contribution < -0.4 is 10.5 Å². The van der Waals surface area contributed by atoms with Gasteiger partial charge in [-0.15, -0.1) is 0 Å². The van der Waals surface area contributed by atoms with E-state index in [0.29, 0.717) is 12.4 Å². The van der Waals surface area contributed by atoms with Crippen LogP contribution in [0.1, 0.15) is 12.8 Å². The Morgan fingerprint density at radius 3 is 2.46 bits per heavy atom. The lowest BCUT2D eigenvalue weighted by atomic mass is 10.3. The molecule has 2 rings (SSSR count). The van der Waals surface area contributed by atoms with Gasteiger partial charge in [-0.1, -0.05) is 0 Å². The van der Waals surface area contributed by atoms with Crippen molar-refractivity contribution >= 4 is 0 Å². The number of benzene rings is 1. The molecule has 0 aromatic heterocycles. The zero-order valence-electron chi connectivity index (χ0n) is 7.29. The van der Waals surface area contributed by atoms with Gasteiger partial charge in [0.05, 0.1) is 5.54 Å². The lowest BCUT2D eigenvalue weighted by Crippen LogP contribution is -2.29. The second-order valence-corrected chi connectivity index (χ2v) is 3.60. The molecule has 3 heteroatoms. The van der Waals surface area contributed by atoms with Crippen LogP contribution in [0.25, 0.3) is 0 Å². The van der Waals surface area contributed by atoms with Crippen molar-refractivity contribution < 1.29 is 9.13 Å². The highest BCUT2D eigenvalue weighted by atomic mass is 19.1. The Bertz CT molecular complexity index is 292. The Hall–Kier alpha value is -1.09. The second-order valence-electron chi connectivity index (χ2n) is 3.60. The summed E-state index contributed by atoms with van der Waals surface area (Å²) in [7, 11) is 0. The fraction of sp³-hybridized carbons (Fsp3) is 0.400.